The topological polar surface area (TPSA) is 85.1 Å². The number of hydrogen-bond acceptors (Lipinski definition) is 6. The molecule has 0 unspecified atom stereocenters. The average molecular weight is 548 g/mol. The number of ketones is 1. The van der Waals surface area contributed by atoms with Crippen LogP contribution in [0.15, 0.2) is 88.6 Å². The van der Waals surface area contributed by atoms with Crippen LogP contribution in [0, 0.1) is 6.92 Å². The summed E-state index contributed by atoms with van der Waals surface area (Å²) in [6, 6.07) is 21.6. The van der Waals surface area contributed by atoms with Crippen molar-refractivity contribution in [2.75, 3.05) is 5.32 Å². The van der Waals surface area contributed by atoms with Gasteiger partial charge < -0.3 is 9.73 Å². The average Bonchev–Trinajstić information content (AvgIpc) is 3.26. The first kappa shape index (κ1) is 25.0. The summed E-state index contributed by atoms with van der Waals surface area (Å²) in [5.74, 6) is -0.347. The first-order valence-electron chi connectivity index (χ1n) is 11.2. The highest BCUT2D eigenvalue weighted by Crippen LogP contribution is 2.33. The maximum atomic E-state index is 13.3. The predicted molar refractivity (Wildman–Crippen MR) is 147 cm³/mol. The SMILES string of the molecule is Cc1cccc(CSc2ncc(Cl)c(C(=O)Nc3c(C(=O)c4ccc(Cl)cc4)oc4ccccc34)n2)c1. The molecule has 3 aromatic carbocycles. The van der Waals surface area contributed by atoms with Crippen LogP contribution in [-0.4, -0.2) is 21.7 Å². The Bertz CT molecular complexity index is 1630. The Labute approximate surface area is 227 Å². The van der Waals surface area contributed by atoms with E-state index >= 15 is 0 Å². The van der Waals surface area contributed by atoms with Gasteiger partial charge in [-0.2, -0.15) is 0 Å². The molecular weight excluding hydrogens is 529 g/mol. The van der Waals surface area contributed by atoms with Gasteiger partial charge in [-0.05, 0) is 48.9 Å². The van der Waals surface area contributed by atoms with Crippen LogP contribution in [-0.2, 0) is 5.75 Å². The molecule has 0 spiro atoms. The molecule has 9 heteroatoms. The summed E-state index contributed by atoms with van der Waals surface area (Å²) in [6.45, 7) is 2.03. The number of thioether (sulfide) groups is 1. The van der Waals surface area contributed by atoms with Crippen LogP contribution in [0.1, 0.15) is 37.7 Å². The lowest BCUT2D eigenvalue weighted by Crippen LogP contribution is -2.17. The molecule has 1 amide bonds. The molecule has 6 nitrogen and oxygen atoms in total. The summed E-state index contributed by atoms with van der Waals surface area (Å²) in [4.78, 5) is 35.3. The Morgan fingerprint density at radius 3 is 2.57 bits per heavy atom. The highest BCUT2D eigenvalue weighted by Gasteiger charge is 2.25. The van der Waals surface area contributed by atoms with Crippen LogP contribution in [0.3, 0.4) is 0 Å². The third-order valence-corrected chi connectivity index (χ3v) is 7.00. The van der Waals surface area contributed by atoms with Crippen LogP contribution < -0.4 is 5.32 Å². The van der Waals surface area contributed by atoms with E-state index in [1.807, 2.05) is 25.1 Å². The number of halogens is 2. The first-order valence-corrected chi connectivity index (χ1v) is 13.0. The number of aryl methyl sites for hydroxylation is 1. The lowest BCUT2D eigenvalue weighted by Gasteiger charge is -2.08. The standard InChI is InChI=1S/C28H19Cl2N3O3S/c1-16-5-4-6-17(13-16)15-37-28-31-14-21(30)24(33-28)27(35)32-23-20-7-2-3-8-22(20)36-26(23)25(34)18-9-11-19(29)12-10-18/h2-14H,15H2,1H3,(H,32,35). The van der Waals surface area contributed by atoms with E-state index in [2.05, 4.69) is 21.4 Å². The normalized spacial score (nSPS) is 11.0. The zero-order valence-electron chi connectivity index (χ0n) is 19.5. The Balaban J connectivity index is 1.44. The summed E-state index contributed by atoms with van der Waals surface area (Å²) in [6.07, 6.45) is 1.40. The molecule has 0 aliphatic heterocycles. The molecule has 0 saturated heterocycles. The monoisotopic (exact) mass is 547 g/mol. The molecule has 0 atom stereocenters. The molecule has 0 saturated carbocycles. The number of benzene rings is 3. The second-order valence-corrected chi connectivity index (χ2v) is 10.0. The Morgan fingerprint density at radius 2 is 1.78 bits per heavy atom. The number of furan rings is 1. The number of hydrogen-bond donors (Lipinski definition) is 1. The smallest absolute Gasteiger partial charge is 0.276 e. The fourth-order valence-electron chi connectivity index (χ4n) is 3.76. The number of fused-ring (bicyclic) bond motifs is 1. The van der Waals surface area contributed by atoms with Gasteiger partial charge in [-0.1, -0.05) is 76.9 Å². The number of rotatable bonds is 7. The van der Waals surface area contributed by atoms with E-state index < -0.39 is 11.7 Å². The number of carbonyl (C=O) groups excluding carboxylic acids is 2. The van der Waals surface area contributed by atoms with Crippen molar-refractivity contribution >= 4 is 63.3 Å². The third kappa shape index (κ3) is 5.54. The van der Waals surface area contributed by atoms with Crippen molar-refractivity contribution in [3.05, 3.63) is 117 Å². The molecule has 184 valence electrons. The van der Waals surface area contributed by atoms with Crippen molar-refractivity contribution in [2.24, 2.45) is 0 Å². The van der Waals surface area contributed by atoms with Gasteiger partial charge in [-0.25, -0.2) is 9.97 Å². The molecule has 2 aromatic heterocycles. The van der Waals surface area contributed by atoms with Crippen LogP contribution in [0.2, 0.25) is 10.0 Å². The van der Waals surface area contributed by atoms with Crippen LogP contribution in [0.4, 0.5) is 5.69 Å². The van der Waals surface area contributed by atoms with Crippen molar-refractivity contribution in [3.63, 3.8) is 0 Å². The van der Waals surface area contributed by atoms with E-state index in [9.17, 15) is 9.59 Å². The number of aromatic nitrogens is 2. The lowest BCUT2D eigenvalue weighted by atomic mass is 10.1. The quantitative estimate of drug-likeness (QED) is 0.128. The second-order valence-electron chi connectivity index (χ2n) is 8.22. The molecule has 0 aliphatic carbocycles. The van der Waals surface area contributed by atoms with Gasteiger partial charge in [0.05, 0.1) is 16.9 Å². The second kappa shape index (κ2) is 10.8. The lowest BCUT2D eigenvalue weighted by molar-refractivity contribution is 0.101. The summed E-state index contributed by atoms with van der Waals surface area (Å²) in [5.41, 5.74) is 3.34. The maximum absolute atomic E-state index is 13.3. The Kier molecular flexibility index (Phi) is 7.28. The summed E-state index contributed by atoms with van der Waals surface area (Å²) >= 11 is 13.7. The minimum Gasteiger partial charge on any atom is -0.450 e. The van der Waals surface area contributed by atoms with Crippen molar-refractivity contribution in [1.82, 2.24) is 9.97 Å². The minimum absolute atomic E-state index is 0.00131. The third-order valence-electron chi connectivity index (χ3n) is 5.53. The van der Waals surface area contributed by atoms with E-state index in [4.69, 9.17) is 27.6 Å². The molecule has 5 rings (SSSR count). The zero-order valence-corrected chi connectivity index (χ0v) is 21.8. The fourth-order valence-corrected chi connectivity index (χ4v) is 4.83. The van der Waals surface area contributed by atoms with Crippen LogP contribution in [0.5, 0.6) is 0 Å². The van der Waals surface area contributed by atoms with Gasteiger partial charge in [-0.15, -0.1) is 0 Å². The van der Waals surface area contributed by atoms with Gasteiger partial charge in [0, 0.05) is 21.7 Å². The molecule has 2 heterocycles. The minimum atomic E-state index is -0.582. The molecule has 0 fully saturated rings. The van der Waals surface area contributed by atoms with E-state index in [0.29, 0.717) is 32.5 Å². The number of amides is 1. The number of nitrogens with zero attached hydrogens (tertiary/aromatic N) is 2. The van der Waals surface area contributed by atoms with Gasteiger partial charge in [-0.3, -0.25) is 9.59 Å². The van der Waals surface area contributed by atoms with Gasteiger partial charge in [0.25, 0.3) is 5.91 Å². The number of carbonyl (C=O) groups is 2. The van der Waals surface area contributed by atoms with Crippen molar-refractivity contribution in [2.45, 2.75) is 17.8 Å². The Hall–Kier alpha value is -3.65. The molecule has 1 N–H and O–H groups in total. The molecule has 5 aromatic rings. The van der Waals surface area contributed by atoms with Gasteiger partial charge in [0.1, 0.15) is 5.58 Å². The zero-order chi connectivity index (χ0) is 25.9. The van der Waals surface area contributed by atoms with Crippen LogP contribution in [0.25, 0.3) is 11.0 Å². The molecule has 0 bridgehead atoms. The van der Waals surface area contributed by atoms with Gasteiger partial charge in [0.2, 0.25) is 5.78 Å². The van der Waals surface area contributed by atoms with Crippen molar-refractivity contribution < 1.29 is 14.0 Å². The van der Waals surface area contributed by atoms with E-state index in [1.165, 1.54) is 18.0 Å². The largest absolute Gasteiger partial charge is 0.450 e. The van der Waals surface area contributed by atoms with Crippen molar-refractivity contribution in [1.29, 1.82) is 0 Å². The summed E-state index contributed by atoms with van der Waals surface area (Å²) in [7, 11) is 0. The predicted octanol–water partition coefficient (Wildman–Crippen LogP) is 7.61. The molecular formula is C28H19Cl2N3O3S. The number of nitrogens with one attached hydrogen (secondary N) is 1. The van der Waals surface area contributed by atoms with Crippen molar-refractivity contribution in [3.8, 4) is 0 Å². The summed E-state index contributed by atoms with van der Waals surface area (Å²) < 4.78 is 5.87. The first-order chi connectivity index (χ1) is 17.9. The molecule has 37 heavy (non-hydrogen) atoms. The molecule has 0 aliphatic rings. The van der Waals surface area contributed by atoms with Gasteiger partial charge >= 0.3 is 0 Å². The number of para-hydroxylation sites is 1. The Morgan fingerprint density at radius 1 is 1.00 bits per heavy atom. The van der Waals surface area contributed by atoms with E-state index in [0.717, 1.165) is 11.1 Å². The maximum Gasteiger partial charge on any atom is 0.276 e. The fraction of sp³-hybridized carbons (Fsp3) is 0.0714. The summed E-state index contributed by atoms with van der Waals surface area (Å²) in [5, 5.41) is 4.38. The molecule has 0 radical (unpaired) electrons. The number of anilines is 1. The highest BCUT2D eigenvalue weighted by molar-refractivity contribution is 7.98. The highest BCUT2D eigenvalue weighted by atomic mass is 35.5. The van der Waals surface area contributed by atoms with Crippen LogP contribution >= 0.6 is 35.0 Å². The van der Waals surface area contributed by atoms with E-state index in [-0.39, 0.29) is 22.2 Å². The van der Waals surface area contributed by atoms with Gasteiger partial charge in [0.15, 0.2) is 16.6 Å². The van der Waals surface area contributed by atoms with E-state index in [1.54, 1.807) is 48.5 Å².